The third-order valence-corrected chi connectivity index (χ3v) is 6.52. The van der Waals surface area contributed by atoms with Crippen molar-refractivity contribution in [2.75, 3.05) is 38.4 Å². The quantitative estimate of drug-likeness (QED) is 0.436. The first-order valence-electron chi connectivity index (χ1n) is 11.2. The Hall–Kier alpha value is -2.20. The number of amides is 1. The Bertz CT molecular complexity index is 991. The summed E-state index contributed by atoms with van der Waals surface area (Å²) in [4.78, 5) is 22.4. The van der Waals surface area contributed by atoms with Crippen LogP contribution in [0.4, 0.5) is 5.69 Å². The molecule has 0 bridgehead atoms. The largest absolute Gasteiger partial charge is 0.398 e. The second-order valence-electron chi connectivity index (χ2n) is 8.39. The number of halogens is 1. The molecule has 1 aromatic rings. The summed E-state index contributed by atoms with van der Waals surface area (Å²) in [6.07, 6.45) is 8.86. The number of hydrogen-bond acceptors (Lipinski definition) is 8. The van der Waals surface area contributed by atoms with Crippen LogP contribution in [0.3, 0.4) is 0 Å². The van der Waals surface area contributed by atoms with Gasteiger partial charge in [0.2, 0.25) is 0 Å². The molecule has 2 unspecified atom stereocenters. The first kappa shape index (κ1) is 23.9. The summed E-state index contributed by atoms with van der Waals surface area (Å²) in [6, 6.07) is 5.05. The lowest BCUT2D eigenvalue weighted by Crippen LogP contribution is -2.54. The molecule has 2 saturated heterocycles. The number of likely N-dealkylation sites (tertiary alicyclic amines) is 1. The van der Waals surface area contributed by atoms with E-state index in [1.165, 1.54) is 0 Å². The van der Waals surface area contributed by atoms with Gasteiger partial charge in [0.25, 0.3) is 5.91 Å². The lowest BCUT2D eigenvalue weighted by atomic mass is 9.94. The molecule has 4 aliphatic heterocycles. The minimum Gasteiger partial charge on any atom is -0.398 e. The fourth-order valence-electron chi connectivity index (χ4n) is 4.70. The molecule has 33 heavy (non-hydrogen) atoms. The summed E-state index contributed by atoms with van der Waals surface area (Å²) in [5, 5.41) is 2.48. The predicted molar refractivity (Wildman–Crippen MR) is 135 cm³/mol. The molecule has 8 nitrogen and oxygen atoms in total. The Morgan fingerprint density at radius 1 is 1.30 bits per heavy atom. The molecule has 1 aromatic carbocycles. The van der Waals surface area contributed by atoms with Crippen LogP contribution in [0.2, 0.25) is 5.02 Å². The molecule has 0 aromatic heterocycles. The summed E-state index contributed by atoms with van der Waals surface area (Å²) >= 11 is 9.67. The Kier molecular flexibility index (Phi) is 7.53. The van der Waals surface area contributed by atoms with Crippen LogP contribution in [0.25, 0.3) is 0 Å². The summed E-state index contributed by atoms with van der Waals surface area (Å²) in [5.74, 6) is 1.74. The number of nitrogens with zero attached hydrogens (tertiary/aromatic N) is 4. The molecule has 1 amide bonds. The average Bonchev–Trinajstić information content (AvgIpc) is 3.51. The number of carbonyl (C=O) groups excluding carboxylic acids is 1. The Balaban J connectivity index is 0.00000126. The fraction of sp³-hybridized carbons (Fsp3) is 0.478. The number of amidine groups is 1. The van der Waals surface area contributed by atoms with Crippen molar-refractivity contribution in [1.29, 1.82) is 0 Å². The summed E-state index contributed by atoms with van der Waals surface area (Å²) in [6.45, 7) is 4.90. The van der Waals surface area contributed by atoms with Crippen LogP contribution >= 0.6 is 24.2 Å². The zero-order chi connectivity index (χ0) is 23.5. The number of nitrogens with two attached hydrogens (primary N) is 1. The second kappa shape index (κ2) is 10.4. The minimum atomic E-state index is -0.0695. The van der Waals surface area contributed by atoms with E-state index >= 15 is 0 Å². The SMILES string of the molecule is CC1=CN2NC(C3CCCCN3C(=O)c3cc(Cl)ccc3N)C=C2N=C1N1CCOC1.CS. The van der Waals surface area contributed by atoms with E-state index in [2.05, 4.69) is 42.2 Å². The highest BCUT2D eigenvalue weighted by Crippen LogP contribution is 2.30. The molecule has 0 aliphatic carbocycles. The van der Waals surface area contributed by atoms with Gasteiger partial charge in [0, 0.05) is 35.6 Å². The number of thiol groups is 1. The van der Waals surface area contributed by atoms with Gasteiger partial charge in [0.15, 0.2) is 0 Å². The van der Waals surface area contributed by atoms with Gasteiger partial charge in [0.05, 0.1) is 24.3 Å². The van der Waals surface area contributed by atoms with Gasteiger partial charge in [-0.2, -0.15) is 12.6 Å². The molecule has 10 heteroatoms. The topological polar surface area (TPSA) is 86.4 Å². The van der Waals surface area contributed by atoms with Crippen LogP contribution in [0, 0.1) is 0 Å². The van der Waals surface area contributed by atoms with Gasteiger partial charge in [-0.15, -0.1) is 0 Å². The average molecular weight is 491 g/mol. The van der Waals surface area contributed by atoms with E-state index in [-0.39, 0.29) is 18.0 Å². The Morgan fingerprint density at radius 3 is 2.88 bits per heavy atom. The minimum absolute atomic E-state index is 0.0141. The van der Waals surface area contributed by atoms with Crippen molar-refractivity contribution in [3.05, 3.63) is 52.5 Å². The van der Waals surface area contributed by atoms with Crippen LogP contribution in [0.1, 0.15) is 36.5 Å². The molecule has 0 spiro atoms. The van der Waals surface area contributed by atoms with Gasteiger partial charge in [-0.3, -0.25) is 9.80 Å². The van der Waals surface area contributed by atoms with E-state index in [9.17, 15) is 4.79 Å². The van der Waals surface area contributed by atoms with E-state index < -0.39 is 0 Å². The Labute approximate surface area is 205 Å². The van der Waals surface area contributed by atoms with Crippen LogP contribution in [0.5, 0.6) is 0 Å². The number of benzene rings is 1. The van der Waals surface area contributed by atoms with E-state index in [0.29, 0.717) is 29.5 Å². The summed E-state index contributed by atoms with van der Waals surface area (Å²) < 4.78 is 5.49. The number of carbonyl (C=O) groups is 1. The van der Waals surface area contributed by atoms with Crippen molar-refractivity contribution in [3.8, 4) is 0 Å². The number of rotatable bonds is 2. The highest BCUT2D eigenvalue weighted by atomic mass is 35.5. The van der Waals surface area contributed by atoms with Crippen LogP contribution < -0.4 is 11.2 Å². The fourth-order valence-corrected chi connectivity index (χ4v) is 4.87. The van der Waals surface area contributed by atoms with Gasteiger partial charge in [-0.25, -0.2) is 10.4 Å². The molecular weight excluding hydrogens is 460 g/mol. The van der Waals surface area contributed by atoms with E-state index in [1.807, 2.05) is 9.91 Å². The van der Waals surface area contributed by atoms with Gasteiger partial charge < -0.3 is 20.3 Å². The molecule has 5 rings (SSSR count). The van der Waals surface area contributed by atoms with Crippen LogP contribution in [-0.2, 0) is 4.74 Å². The van der Waals surface area contributed by atoms with E-state index in [4.69, 9.17) is 27.1 Å². The normalized spacial score (nSPS) is 24.5. The lowest BCUT2D eigenvalue weighted by molar-refractivity contribution is 0.0562. The maximum absolute atomic E-state index is 13.4. The van der Waals surface area contributed by atoms with Crippen molar-refractivity contribution in [3.63, 3.8) is 0 Å². The van der Waals surface area contributed by atoms with Gasteiger partial charge in [0.1, 0.15) is 18.4 Å². The zero-order valence-corrected chi connectivity index (χ0v) is 20.6. The molecule has 4 heterocycles. The maximum atomic E-state index is 13.4. The number of nitrogens with one attached hydrogen (secondary N) is 1. The molecular formula is C23H31ClN6O2S. The first-order chi connectivity index (χ1) is 16.0. The molecule has 0 saturated carbocycles. The van der Waals surface area contributed by atoms with Crippen molar-refractivity contribution >= 4 is 41.7 Å². The third-order valence-electron chi connectivity index (χ3n) is 6.28. The van der Waals surface area contributed by atoms with Crippen LogP contribution in [-0.4, -0.2) is 71.3 Å². The van der Waals surface area contributed by atoms with Crippen molar-refractivity contribution in [1.82, 2.24) is 20.2 Å². The number of nitrogen functional groups attached to an aromatic ring is 1. The van der Waals surface area contributed by atoms with Gasteiger partial charge in [-0.05, 0) is 56.7 Å². The van der Waals surface area contributed by atoms with Crippen molar-refractivity contribution in [2.45, 2.75) is 38.3 Å². The standard InChI is InChI=1S/C22H27ClN6O2.CH4S/c1-14-12-29-20(25-21(14)27-8-9-31-13-27)11-18(26-29)19-4-2-3-7-28(19)22(30)16-10-15(23)5-6-17(16)24;1-2/h5-6,10-12,18-19,26H,2-4,7-9,13,24H2,1H3;2H,1H3. The number of hydrogen-bond donors (Lipinski definition) is 3. The highest BCUT2D eigenvalue weighted by Gasteiger charge is 2.38. The number of piperidine rings is 1. The monoisotopic (exact) mass is 490 g/mol. The summed E-state index contributed by atoms with van der Waals surface area (Å²) in [5.41, 5.74) is 11.6. The smallest absolute Gasteiger partial charge is 0.256 e. The Morgan fingerprint density at radius 2 is 2.12 bits per heavy atom. The molecule has 0 radical (unpaired) electrons. The van der Waals surface area contributed by atoms with E-state index in [1.54, 1.807) is 24.5 Å². The summed E-state index contributed by atoms with van der Waals surface area (Å²) in [7, 11) is 0. The van der Waals surface area contributed by atoms with Crippen LogP contribution in [0.15, 0.2) is 46.9 Å². The number of fused-ring (bicyclic) bond motifs is 1. The zero-order valence-electron chi connectivity index (χ0n) is 19.0. The first-order valence-corrected chi connectivity index (χ1v) is 12.5. The highest BCUT2D eigenvalue weighted by molar-refractivity contribution is 7.79. The number of ether oxygens (including phenoxy) is 1. The van der Waals surface area contributed by atoms with E-state index in [0.717, 1.165) is 49.6 Å². The second-order valence-corrected chi connectivity index (χ2v) is 8.83. The van der Waals surface area contributed by atoms with Gasteiger partial charge >= 0.3 is 0 Å². The molecule has 2 atom stereocenters. The third kappa shape index (κ3) is 4.87. The predicted octanol–water partition coefficient (Wildman–Crippen LogP) is 3.10. The number of hydrazine groups is 1. The molecule has 2 fully saturated rings. The van der Waals surface area contributed by atoms with Gasteiger partial charge in [-0.1, -0.05) is 11.6 Å². The maximum Gasteiger partial charge on any atom is 0.256 e. The number of anilines is 1. The van der Waals surface area contributed by atoms with Crippen molar-refractivity contribution in [2.24, 2.45) is 4.99 Å². The lowest BCUT2D eigenvalue weighted by Gasteiger charge is -2.39. The molecule has 3 N–H and O–H groups in total. The van der Waals surface area contributed by atoms with Crippen molar-refractivity contribution < 1.29 is 9.53 Å². The number of aliphatic imine (C=N–C) groups is 1. The molecule has 4 aliphatic rings. The molecule has 178 valence electrons.